The van der Waals surface area contributed by atoms with Gasteiger partial charge in [0.2, 0.25) is 0 Å². The van der Waals surface area contributed by atoms with Crippen LogP contribution in [0.3, 0.4) is 0 Å². The molecule has 0 unspecified atom stereocenters. The number of ether oxygens (including phenoxy) is 2. The van der Waals surface area contributed by atoms with E-state index in [2.05, 4.69) is 11.8 Å². The SMILES string of the molecule is FC(F)(F)c1cccc(C#CCO[C@@H]2CCCCO2)c1. The van der Waals surface area contributed by atoms with Crippen molar-refractivity contribution in [3.8, 4) is 11.8 Å². The molecule has 5 heteroatoms. The van der Waals surface area contributed by atoms with E-state index >= 15 is 0 Å². The number of hydrogen-bond donors (Lipinski definition) is 0. The highest BCUT2D eigenvalue weighted by Gasteiger charge is 2.30. The first-order valence-electron chi connectivity index (χ1n) is 6.45. The van der Waals surface area contributed by atoms with Crippen molar-refractivity contribution in [2.24, 2.45) is 0 Å². The Labute approximate surface area is 115 Å². The molecular formula is C15H15F3O2. The zero-order valence-electron chi connectivity index (χ0n) is 10.9. The Morgan fingerprint density at radius 2 is 2.15 bits per heavy atom. The molecule has 0 radical (unpaired) electrons. The quantitative estimate of drug-likeness (QED) is 0.773. The van der Waals surface area contributed by atoms with Gasteiger partial charge < -0.3 is 9.47 Å². The van der Waals surface area contributed by atoms with Gasteiger partial charge in [-0.3, -0.25) is 0 Å². The van der Waals surface area contributed by atoms with Gasteiger partial charge in [0.15, 0.2) is 6.29 Å². The third-order valence-corrected chi connectivity index (χ3v) is 2.90. The highest BCUT2D eigenvalue weighted by atomic mass is 19.4. The molecule has 1 aliphatic heterocycles. The molecule has 2 nitrogen and oxygen atoms in total. The van der Waals surface area contributed by atoms with Crippen LogP contribution in [0.2, 0.25) is 0 Å². The Hall–Kier alpha value is -1.51. The van der Waals surface area contributed by atoms with Gasteiger partial charge in [0.05, 0.1) is 5.56 Å². The van der Waals surface area contributed by atoms with Gasteiger partial charge in [-0.25, -0.2) is 0 Å². The Balaban J connectivity index is 1.88. The average Bonchev–Trinajstić information content (AvgIpc) is 2.44. The van der Waals surface area contributed by atoms with Gasteiger partial charge in [-0.1, -0.05) is 17.9 Å². The maximum absolute atomic E-state index is 12.5. The topological polar surface area (TPSA) is 18.5 Å². The second kappa shape index (κ2) is 6.78. The van der Waals surface area contributed by atoms with Crippen LogP contribution in [-0.2, 0) is 15.7 Å². The minimum absolute atomic E-state index is 0.154. The predicted octanol–water partition coefficient (Wildman–Crippen LogP) is 3.60. The van der Waals surface area contributed by atoms with Crippen molar-refractivity contribution in [1.82, 2.24) is 0 Å². The standard InChI is InChI=1S/C15H15F3O2/c16-15(17,18)13-7-3-5-12(11-13)6-4-10-20-14-8-1-2-9-19-14/h3,5,7,11,14H,1-2,8-10H2/t14-/m1/s1. The summed E-state index contributed by atoms with van der Waals surface area (Å²) in [5.41, 5.74) is -0.367. The molecule has 0 aliphatic carbocycles. The Kier molecular flexibility index (Phi) is 5.05. The largest absolute Gasteiger partial charge is 0.416 e. The van der Waals surface area contributed by atoms with Gasteiger partial charge in [0.25, 0.3) is 0 Å². The van der Waals surface area contributed by atoms with Gasteiger partial charge >= 0.3 is 6.18 Å². The van der Waals surface area contributed by atoms with E-state index in [9.17, 15) is 13.2 Å². The summed E-state index contributed by atoms with van der Waals surface area (Å²) in [6.07, 6.45) is -1.64. The molecule has 1 saturated heterocycles. The number of alkyl halides is 3. The fourth-order valence-corrected chi connectivity index (χ4v) is 1.89. The zero-order valence-corrected chi connectivity index (χ0v) is 10.9. The molecule has 1 aliphatic rings. The van der Waals surface area contributed by atoms with E-state index in [-0.39, 0.29) is 12.9 Å². The molecule has 1 fully saturated rings. The minimum Gasteiger partial charge on any atom is -0.353 e. The van der Waals surface area contributed by atoms with Crippen LogP contribution in [0.5, 0.6) is 0 Å². The summed E-state index contributed by atoms with van der Waals surface area (Å²) in [5, 5.41) is 0. The van der Waals surface area contributed by atoms with E-state index in [4.69, 9.17) is 9.47 Å². The fourth-order valence-electron chi connectivity index (χ4n) is 1.89. The molecule has 0 spiro atoms. The molecule has 108 valence electrons. The van der Waals surface area contributed by atoms with Crippen LogP contribution in [0.15, 0.2) is 24.3 Å². The number of halogens is 3. The molecule has 1 aromatic carbocycles. The van der Waals surface area contributed by atoms with Crippen molar-refractivity contribution < 1.29 is 22.6 Å². The molecule has 1 atom stereocenters. The predicted molar refractivity (Wildman–Crippen MR) is 67.9 cm³/mol. The van der Waals surface area contributed by atoms with Gasteiger partial charge in [-0.15, -0.1) is 0 Å². The van der Waals surface area contributed by atoms with Crippen LogP contribution < -0.4 is 0 Å². The summed E-state index contributed by atoms with van der Waals surface area (Å²) in [4.78, 5) is 0. The van der Waals surface area contributed by atoms with E-state index in [0.717, 1.165) is 31.4 Å². The minimum atomic E-state index is -4.34. The maximum Gasteiger partial charge on any atom is 0.416 e. The highest BCUT2D eigenvalue weighted by Crippen LogP contribution is 2.29. The summed E-state index contributed by atoms with van der Waals surface area (Å²) in [5.74, 6) is 5.37. The van der Waals surface area contributed by atoms with Crippen molar-refractivity contribution in [2.45, 2.75) is 31.7 Å². The van der Waals surface area contributed by atoms with Gasteiger partial charge in [-0.2, -0.15) is 13.2 Å². The van der Waals surface area contributed by atoms with Crippen LogP contribution in [0.25, 0.3) is 0 Å². The molecule has 1 heterocycles. The molecule has 0 N–H and O–H groups in total. The molecule has 1 aromatic rings. The summed E-state index contributed by atoms with van der Waals surface area (Å²) in [7, 11) is 0. The molecule has 0 aromatic heterocycles. The molecule has 0 bridgehead atoms. The lowest BCUT2D eigenvalue weighted by Gasteiger charge is -2.21. The fraction of sp³-hybridized carbons (Fsp3) is 0.467. The van der Waals surface area contributed by atoms with Crippen molar-refractivity contribution >= 4 is 0 Å². The first-order valence-corrected chi connectivity index (χ1v) is 6.45. The van der Waals surface area contributed by atoms with E-state index in [1.54, 1.807) is 6.07 Å². The third-order valence-electron chi connectivity index (χ3n) is 2.90. The molecule has 2 rings (SSSR count). The average molecular weight is 284 g/mol. The van der Waals surface area contributed by atoms with E-state index < -0.39 is 11.7 Å². The lowest BCUT2D eigenvalue weighted by Crippen LogP contribution is -2.22. The number of rotatable bonds is 2. The third kappa shape index (κ3) is 4.55. The molecule has 0 saturated carbocycles. The summed E-state index contributed by atoms with van der Waals surface area (Å²) in [6.45, 7) is 0.840. The van der Waals surface area contributed by atoms with Gasteiger partial charge in [0, 0.05) is 12.2 Å². The van der Waals surface area contributed by atoms with Crippen molar-refractivity contribution in [2.75, 3.05) is 13.2 Å². The molecule has 20 heavy (non-hydrogen) atoms. The van der Waals surface area contributed by atoms with Crippen molar-refractivity contribution in [3.63, 3.8) is 0 Å². The highest BCUT2D eigenvalue weighted by molar-refractivity contribution is 5.38. The molecule has 0 amide bonds. The van der Waals surface area contributed by atoms with E-state index in [1.165, 1.54) is 6.07 Å². The Morgan fingerprint density at radius 1 is 1.30 bits per heavy atom. The first kappa shape index (κ1) is 14.9. The second-order valence-electron chi connectivity index (χ2n) is 4.49. The summed E-state index contributed by atoms with van der Waals surface area (Å²) in [6, 6.07) is 4.94. The Bertz CT molecular complexity index is 494. The van der Waals surface area contributed by atoms with Crippen LogP contribution in [0, 0.1) is 11.8 Å². The monoisotopic (exact) mass is 284 g/mol. The lowest BCUT2D eigenvalue weighted by molar-refractivity contribution is -0.154. The zero-order chi connectivity index (χ0) is 14.4. The maximum atomic E-state index is 12.5. The smallest absolute Gasteiger partial charge is 0.353 e. The van der Waals surface area contributed by atoms with Crippen molar-refractivity contribution in [3.05, 3.63) is 35.4 Å². The number of hydrogen-bond acceptors (Lipinski definition) is 2. The number of benzene rings is 1. The lowest BCUT2D eigenvalue weighted by atomic mass is 10.1. The Morgan fingerprint density at radius 3 is 2.85 bits per heavy atom. The first-order chi connectivity index (χ1) is 9.55. The van der Waals surface area contributed by atoms with Crippen LogP contribution in [0.1, 0.15) is 30.4 Å². The van der Waals surface area contributed by atoms with E-state index in [1.807, 2.05) is 0 Å². The van der Waals surface area contributed by atoms with Gasteiger partial charge in [0.1, 0.15) is 6.61 Å². The van der Waals surface area contributed by atoms with Crippen LogP contribution >= 0.6 is 0 Å². The summed E-state index contributed by atoms with van der Waals surface area (Å²) < 4.78 is 48.3. The summed E-state index contributed by atoms with van der Waals surface area (Å²) >= 11 is 0. The molecular weight excluding hydrogens is 269 g/mol. The van der Waals surface area contributed by atoms with Crippen LogP contribution in [0.4, 0.5) is 13.2 Å². The van der Waals surface area contributed by atoms with Gasteiger partial charge in [-0.05, 0) is 37.5 Å². The van der Waals surface area contributed by atoms with E-state index in [0.29, 0.717) is 12.2 Å². The second-order valence-corrected chi connectivity index (χ2v) is 4.49. The van der Waals surface area contributed by atoms with Crippen molar-refractivity contribution in [1.29, 1.82) is 0 Å². The normalized spacial score (nSPS) is 19.2. The van der Waals surface area contributed by atoms with Crippen LogP contribution in [-0.4, -0.2) is 19.5 Å².